The van der Waals surface area contributed by atoms with E-state index < -0.39 is 59.6 Å². The first kappa shape index (κ1) is 38.7. The fourth-order valence-corrected chi connectivity index (χ4v) is 6.19. The summed E-state index contributed by atoms with van der Waals surface area (Å²) in [6, 6.07) is 0. The van der Waals surface area contributed by atoms with E-state index in [1.807, 2.05) is 20.8 Å². The Kier molecular flexibility index (Phi) is 14.0. The average molecular weight is 665 g/mol. The SMILES string of the molecule is CC[C@@H](O)[C@@H](C)[C@H]1O[C@@H]1C[C@](C)(O)/C=C/C=C(\C)[C@H]1OC(=O)C[C@@H](O)CC[C@](C)(OC(=O)N2CCNCC2)[C@H](OC(C)=O)/C=C/[C@@H]1C. The summed E-state index contributed by atoms with van der Waals surface area (Å²) in [5.74, 6) is -1.56. The molecule has 2 saturated heterocycles. The van der Waals surface area contributed by atoms with Crippen molar-refractivity contribution in [3.63, 3.8) is 0 Å². The minimum absolute atomic E-state index is 0.0201. The summed E-state index contributed by atoms with van der Waals surface area (Å²) >= 11 is 0. The Balaban J connectivity index is 1.80. The third-order valence-electron chi connectivity index (χ3n) is 9.33. The molecule has 3 aliphatic heterocycles. The van der Waals surface area contributed by atoms with Gasteiger partial charge in [0.25, 0.3) is 0 Å². The zero-order valence-corrected chi connectivity index (χ0v) is 29.0. The molecule has 4 N–H and O–H groups in total. The van der Waals surface area contributed by atoms with E-state index in [0.717, 1.165) is 0 Å². The highest BCUT2D eigenvalue weighted by molar-refractivity contribution is 5.71. The van der Waals surface area contributed by atoms with Gasteiger partial charge in [0.2, 0.25) is 0 Å². The number of carbonyl (C=O) groups excluding carboxylic acids is 3. The van der Waals surface area contributed by atoms with Gasteiger partial charge in [-0.15, -0.1) is 0 Å². The summed E-state index contributed by atoms with van der Waals surface area (Å²) < 4.78 is 23.3. The van der Waals surface area contributed by atoms with Gasteiger partial charge in [0.1, 0.15) is 6.10 Å². The maximum Gasteiger partial charge on any atom is 0.410 e. The number of esters is 2. The molecule has 2 fully saturated rings. The lowest BCUT2D eigenvalue weighted by atomic mass is 9.88. The Bertz CT molecular complexity index is 1160. The molecule has 12 heteroatoms. The molecule has 1 amide bonds. The molecule has 0 spiro atoms. The summed E-state index contributed by atoms with van der Waals surface area (Å²) in [5.41, 5.74) is -1.80. The van der Waals surface area contributed by atoms with Crippen molar-refractivity contribution in [3.8, 4) is 0 Å². The summed E-state index contributed by atoms with van der Waals surface area (Å²) in [6.45, 7) is 14.4. The number of aliphatic hydroxyl groups excluding tert-OH is 2. The molecule has 0 aromatic rings. The fourth-order valence-electron chi connectivity index (χ4n) is 6.19. The number of carbonyl (C=O) groups is 3. The topological polar surface area (TPSA) is 167 Å². The summed E-state index contributed by atoms with van der Waals surface area (Å²) in [7, 11) is 0. The first-order valence-electron chi connectivity index (χ1n) is 16.9. The van der Waals surface area contributed by atoms with Gasteiger partial charge in [-0.05, 0) is 51.7 Å². The Morgan fingerprint density at radius 2 is 1.94 bits per heavy atom. The quantitative estimate of drug-likeness (QED) is 0.0891. The van der Waals surface area contributed by atoms with Crippen LogP contribution in [0.4, 0.5) is 4.79 Å². The second-order valence-corrected chi connectivity index (χ2v) is 13.8. The predicted molar refractivity (Wildman–Crippen MR) is 175 cm³/mol. The van der Waals surface area contributed by atoms with Crippen molar-refractivity contribution >= 4 is 18.0 Å². The number of rotatable bonds is 10. The number of piperazine rings is 1. The zero-order chi connectivity index (χ0) is 34.9. The van der Waals surface area contributed by atoms with Gasteiger partial charge in [0, 0.05) is 51.4 Å². The first-order chi connectivity index (χ1) is 22.0. The van der Waals surface area contributed by atoms with E-state index in [1.165, 1.54) is 6.92 Å². The van der Waals surface area contributed by atoms with Crippen molar-refractivity contribution in [2.24, 2.45) is 11.8 Å². The smallest absolute Gasteiger partial charge is 0.410 e. The molecular formula is C35H56N2O10. The van der Waals surface area contributed by atoms with Gasteiger partial charge < -0.3 is 44.5 Å². The van der Waals surface area contributed by atoms with Gasteiger partial charge in [-0.25, -0.2) is 4.79 Å². The van der Waals surface area contributed by atoms with Gasteiger partial charge >= 0.3 is 18.0 Å². The van der Waals surface area contributed by atoms with Crippen LogP contribution in [0.15, 0.2) is 36.0 Å². The number of nitrogens with one attached hydrogen (secondary N) is 1. The van der Waals surface area contributed by atoms with E-state index in [2.05, 4.69) is 5.32 Å². The number of cyclic esters (lactones) is 1. The number of ether oxygens (including phenoxy) is 4. The zero-order valence-electron chi connectivity index (χ0n) is 29.0. The van der Waals surface area contributed by atoms with Crippen molar-refractivity contribution in [2.45, 2.75) is 128 Å². The molecular weight excluding hydrogens is 608 g/mol. The van der Waals surface area contributed by atoms with Gasteiger partial charge in [0.05, 0.1) is 36.4 Å². The van der Waals surface area contributed by atoms with Crippen molar-refractivity contribution in [3.05, 3.63) is 36.0 Å². The Hall–Kier alpha value is -2.77. The third kappa shape index (κ3) is 11.7. The van der Waals surface area contributed by atoms with Crippen LogP contribution in [-0.2, 0) is 28.5 Å². The summed E-state index contributed by atoms with van der Waals surface area (Å²) in [6.07, 6.45) is 5.52. The number of nitrogens with zero attached hydrogens (tertiary/aromatic N) is 1. The van der Waals surface area contributed by atoms with E-state index in [9.17, 15) is 29.7 Å². The van der Waals surface area contributed by atoms with Crippen LogP contribution in [0, 0.1) is 11.8 Å². The first-order valence-corrected chi connectivity index (χ1v) is 16.9. The predicted octanol–water partition coefficient (Wildman–Crippen LogP) is 3.19. The molecule has 0 aromatic carbocycles. The van der Waals surface area contributed by atoms with Crippen LogP contribution < -0.4 is 5.32 Å². The highest BCUT2D eigenvalue weighted by Gasteiger charge is 2.47. The number of aliphatic hydroxyl groups is 3. The fraction of sp³-hybridized carbons (Fsp3) is 0.743. The van der Waals surface area contributed by atoms with Gasteiger partial charge in [-0.2, -0.15) is 0 Å². The Morgan fingerprint density at radius 1 is 1.26 bits per heavy atom. The average Bonchev–Trinajstić information content (AvgIpc) is 3.77. The molecule has 0 bridgehead atoms. The molecule has 266 valence electrons. The van der Waals surface area contributed by atoms with Gasteiger partial charge in [0.15, 0.2) is 11.7 Å². The largest absolute Gasteiger partial charge is 0.457 e. The van der Waals surface area contributed by atoms with E-state index >= 15 is 0 Å². The standard InChI is InChI=1S/C35H56N2O10/c1-8-27(40)24(4)32-28(45-32)21-34(6,43)14-9-10-22(2)31-23(3)11-12-29(44-25(5)38)35(7,15-13-26(39)20-30(41)46-31)47-33(42)37-18-16-36-17-19-37/h9-12,14,23-24,26-29,31-32,36,39-40,43H,8,13,15-21H2,1-7H3/b12-11+,14-9+,22-10+/t23-,24+,26-,27+,28+,29+,31+,32+,34+,35-/m0/s1. The van der Waals surface area contributed by atoms with Gasteiger partial charge in [-0.1, -0.05) is 45.1 Å². The highest BCUT2D eigenvalue weighted by Crippen LogP contribution is 2.37. The van der Waals surface area contributed by atoms with E-state index in [4.69, 9.17) is 18.9 Å². The third-order valence-corrected chi connectivity index (χ3v) is 9.33. The lowest BCUT2D eigenvalue weighted by molar-refractivity contribution is -0.158. The van der Waals surface area contributed by atoms with Crippen LogP contribution in [0.2, 0.25) is 0 Å². The van der Waals surface area contributed by atoms with E-state index in [1.54, 1.807) is 56.1 Å². The van der Waals surface area contributed by atoms with Crippen LogP contribution >= 0.6 is 0 Å². The van der Waals surface area contributed by atoms with Crippen molar-refractivity contribution in [1.29, 1.82) is 0 Å². The van der Waals surface area contributed by atoms with Crippen molar-refractivity contribution in [1.82, 2.24) is 10.2 Å². The lowest BCUT2D eigenvalue weighted by Gasteiger charge is -2.38. The normalized spacial score (nSPS) is 34.2. The van der Waals surface area contributed by atoms with Crippen molar-refractivity contribution in [2.75, 3.05) is 26.2 Å². The lowest BCUT2D eigenvalue weighted by Crippen LogP contribution is -2.52. The summed E-state index contributed by atoms with van der Waals surface area (Å²) in [4.78, 5) is 39.9. The molecule has 12 nitrogen and oxygen atoms in total. The van der Waals surface area contributed by atoms with Crippen LogP contribution in [0.1, 0.15) is 80.6 Å². The molecule has 0 aromatic heterocycles. The second-order valence-electron chi connectivity index (χ2n) is 13.8. The molecule has 3 aliphatic rings. The Morgan fingerprint density at radius 3 is 2.57 bits per heavy atom. The highest BCUT2D eigenvalue weighted by atomic mass is 16.6. The molecule has 10 atom stereocenters. The maximum atomic E-state index is 13.2. The number of hydrogen-bond acceptors (Lipinski definition) is 11. The molecule has 0 unspecified atom stereocenters. The monoisotopic (exact) mass is 664 g/mol. The molecule has 0 saturated carbocycles. The number of epoxide rings is 1. The minimum atomic E-state index is -1.32. The summed E-state index contributed by atoms with van der Waals surface area (Å²) in [5, 5.41) is 35.1. The number of amides is 1. The minimum Gasteiger partial charge on any atom is -0.457 e. The molecule has 3 heterocycles. The van der Waals surface area contributed by atoms with Crippen LogP contribution in [-0.4, -0.2) is 112 Å². The molecule has 47 heavy (non-hydrogen) atoms. The van der Waals surface area contributed by atoms with Crippen LogP contribution in [0.3, 0.4) is 0 Å². The van der Waals surface area contributed by atoms with Gasteiger partial charge in [-0.3, -0.25) is 9.59 Å². The molecule has 0 radical (unpaired) electrons. The maximum absolute atomic E-state index is 13.2. The second kappa shape index (κ2) is 17.1. The van der Waals surface area contributed by atoms with E-state index in [-0.39, 0.29) is 37.4 Å². The van der Waals surface area contributed by atoms with Crippen LogP contribution in [0.5, 0.6) is 0 Å². The number of allylic oxidation sites excluding steroid dienone is 2. The Labute approximate surface area is 279 Å². The van der Waals surface area contributed by atoms with E-state index in [0.29, 0.717) is 44.6 Å². The van der Waals surface area contributed by atoms with Crippen LogP contribution in [0.25, 0.3) is 0 Å². The molecule has 3 rings (SSSR count). The number of hydrogen-bond donors (Lipinski definition) is 4. The van der Waals surface area contributed by atoms with Crippen molar-refractivity contribution < 1.29 is 48.7 Å². The molecule has 0 aliphatic carbocycles.